The number of nitrogens with one attached hydrogen (secondary N) is 2. The second kappa shape index (κ2) is 5.82. The fourth-order valence-electron chi connectivity index (χ4n) is 2.05. The van der Waals surface area contributed by atoms with Crippen LogP contribution in [0.5, 0.6) is 0 Å². The lowest BCUT2D eigenvalue weighted by Crippen LogP contribution is -2.18. The predicted octanol–water partition coefficient (Wildman–Crippen LogP) is 1.10. The number of aromatic nitrogens is 2. The van der Waals surface area contributed by atoms with Crippen molar-refractivity contribution < 1.29 is 4.74 Å². The minimum Gasteiger partial charge on any atom is -0.382 e. The van der Waals surface area contributed by atoms with Crippen LogP contribution in [0.25, 0.3) is 0 Å². The first-order chi connectivity index (χ1) is 8.31. The van der Waals surface area contributed by atoms with Crippen molar-refractivity contribution in [3.63, 3.8) is 0 Å². The molecule has 2 rings (SSSR count). The summed E-state index contributed by atoms with van der Waals surface area (Å²) in [6, 6.07) is 0. The molecule has 17 heavy (non-hydrogen) atoms. The molecule has 5 nitrogen and oxygen atoms in total. The molecule has 1 aliphatic carbocycles. The summed E-state index contributed by atoms with van der Waals surface area (Å²) in [4.78, 5) is 18.9. The third-order valence-electron chi connectivity index (χ3n) is 2.90. The molecule has 1 aliphatic rings. The highest BCUT2D eigenvalue weighted by molar-refractivity contribution is 5.31. The van der Waals surface area contributed by atoms with Crippen LogP contribution in [0.1, 0.15) is 31.0 Å². The normalized spacial score (nSPS) is 13.7. The molecule has 0 fully saturated rings. The Labute approximate surface area is 101 Å². The van der Waals surface area contributed by atoms with E-state index in [0.29, 0.717) is 5.95 Å². The number of aromatic amines is 1. The molecule has 0 atom stereocenters. The smallest absolute Gasteiger partial charge is 0.255 e. The van der Waals surface area contributed by atoms with E-state index in [0.717, 1.165) is 56.7 Å². The quantitative estimate of drug-likeness (QED) is 0.727. The summed E-state index contributed by atoms with van der Waals surface area (Å²) in [6.45, 7) is 4.22. The Bertz CT molecular complexity index is 428. The Hall–Kier alpha value is -1.36. The zero-order valence-electron chi connectivity index (χ0n) is 10.2. The lowest BCUT2D eigenvalue weighted by atomic mass is 10.3. The molecule has 1 aromatic rings. The van der Waals surface area contributed by atoms with Gasteiger partial charge in [0.25, 0.3) is 5.56 Å². The van der Waals surface area contributed by atoms with Gasteiger partial charge in [-0.2, -0.15) is 0 Å². The summed E-state index contributed by atoms with van der Waals surface area (Å²) in [6.07, 6.45) is 3.74. The lowest BCUT2D eigenvalue weighted by molar-refractivity contribution is 0.147. The van der Waals surface area contributed by atoms with Crippen molar-refractivity contribution in [1.82, 2.24) is 9.97 Å². The van der Waals surface area contributed by atoms with Gasteiger partial charge in [-0.1, -0.05) is 0 Å². The second-order valence-electron chi connectivity index (χ2n) is 4.17. The van der Waals surface area contributed by atoms with Gasteiger partial charge in [0.2, 0.25) is 5.95 Å². The van der Waals surface area contributed by atoms with Gasteiger partial charge >= 0.3 is 0 Å². The van der Waals surface area contributed by atoms with Crippen LogP contribution in [0.15, 0.2) is 4.79 Å². The SMILES string of the molecule is CCOCCCNc1nc2c(c(=O)[nH]1)CCC2. The molecular formula is C12H19N3O2. The van der Waals surface area contributed by atoms with Gasteiger partial charge in [-0.25, -0.2) is 4.98 Å². The molecule has 0 radical (unpaired) electrons. The van der Waals surface area contributed by atoms with E-state index in [-0.39, 0.29) is 5.56 Å². The van der Waals surface area contributed by atoms with Crippen molar-refractivity contribution >= 4 is 5.95 Å². The minimum atomic E-state index is 0.0137. The zero-order valence-corrected chi connectivity index (χ0v) is 10.2. The maximum Gasteiger partial charge on any atom is 0.255 e. The topological polar surface area (TPSA) is 67.0 Å². The molecule has 1 heterocycles. The summed E-state index contributed by atoms with van der Waals surface area (Å²) < 4.78 is 5.24. The molecule has 0 spiro atoms. The molecule has 0 aromatic carbocycles. The molecule has 94 valence electrons. The first kappa shape index (κ1) is 12.1. The fourth-order valence-corrected chi connectivity index (χ4v) is 2.05. The Kier molecular flexibility index (Phi) is 4.14. The zero-order chi connectivity index (χ0) is 12.1. The van der Waals surface area contributed by atoms with Gasteiger partial charge in [0.1, 0.15) is 0 Å². The van der Waals surface area contributed by atoms with Gasteiger partial charge in [-0.05, 0) is 32.6 Å². The van der Waals surface area contributed by atoms with E-state index in [1.807, 2.05) is 6.92 Å². The van der Waals surface area contributed by atoms with E-state index < -0.39 is 0 Å². The monoisotopic (exact) mass is 237 g/mol. The van der Waals surface area contributed by atoms with Gasteiger partial charge in [-0.15, -0.1) is 0 Å². The molecule has 1 aromatic heterocycles. The third kappa shape index (κ3) is 3.06. The first-order valence-corrected chi connectivity index (χ1v) is 6.25. The predicted molar refractivity (Wildman–Crippen MR) is 66.5 cm³/mol. The highest BCUT2D eigenvalue weighted by Crippen LogP contribution is 2.16. The maximum atomic E-state index is 11.7. The van der Waals surface area contributed by atoms with Crippen LogP contribution in [0, 0.1) is 0 Å². The number of rotatable bonds is 6. The lowest BCUT2D eigenvalue weighted by Gasteiger charge is -2.06. The highest BCUT2D eigenvalue weighted by Gasteiger charge is 2.16. The second-order valence-corrected chi connectivity index (χ2v) is 4.17. The number of H-pyrrole nitrogens is 1. The Morgan fingerprint density at radius 2 is 2.35 bits per heavy atom. The molecule has 0 aliphatic heterocycles. The van der Waals surface area contributed by atoms with E-state index in [9.17, 15) is 4.79 Å². The number of fused-ring (bicyclic) bond motifs is 1. The molecule has 0 bridgehead atoms. The molecular weight excluding hydrogens is 218 g/mol. The number of anilines is 1. The number of hydrogen-bond donors (Lipinski definition) is 2. The fraction of sp³-hybridized carbons (Fsp3) is 0.667. The van der Waals surface area contributed by atoms with Gasteiger partial charge in [-0.3, -0.25) is 9.78 Å². The highest BCUT2D eigenvalue weighted by atomic mass is 16.5. The van der Waals surface area contributed by atoms with Gasteiger partial charge in [0.05, 0.1) is 5.69 Å². The number of hydrogen-bond acceptors (Lipinski definition) is 4. The largest absolute Gasteiger partial charge is 0.382 e. The first-order valence-electron chi connectivity index (χ1n) is 6.25. The molecule has 2 N–H and O–H groups in total. The van der Waals surface area contributed by atoms with Crippen molar-refractivity contribution in [3.05, 3.63) is 21.6 Å². The van der Waals surface area contributed by atoms with Gasteiger partial charge in [0, 0.05) is 25.3 Å². The Morgan fingerprint density at radius 3 is 3.18 bits per heavy atom. The third-order valence-corrected chi connectivity index (χ3v) is 2.90. The minimum absolute atomic E-state index is 0.0137. The van der Waals surface area contributed by atoms with Crippen molar-refractivity contribution in [2.75, 3.05) is 25.1 Å². The molecule has 0 amide bonds. The average molecular weight is 237 g/mol. The van der Waals surface area contributed by atoms with Crippen molar-refractivity contribution in [3.8, 4) is 0 Å². The summed E-state index contributed by atoms with van der Waals surface area (Å²) >= 11 is 0. The van der Waals surface area contributed by atoms with Crippen LogP contribution in [0.2, 0.25) is 0 Å². The summed E-state index contributed by atoms with van der Waals surface area (Å²) in [5, 5.41) is 3.13. The van der Waals surface area contributed by atoms with E-state index in [1.165, 1.54) is 0 Å². The average Bonchev–Trinajstić information content (AvgIpc) is 2.77. The molecule has 0 unspecified atom stereocenters. The van der Waals surface area contributed by atoms with Crippen LogP contribution in [0.4, 0.5) is 5.95 Å². The summed E-state index contributed by atoms with van der Waals surface area (Å²) in [5.74, 6) is 0.590. The maximum absolute atomic E-state index is 11.7. The molecule has 5 heteroatoms. The van der Waals surface area contributed by atoms with Gasteiger partial charge < -0.3 is 10.1 Å². The van der Waals surface area contributed by atoms with Crippen molar-refractivity contribution in [1.29, 1.82) is 0 Å². The summed E-state index contributed by atoms with van der Waals surface area (Å²) in [7, 11) is 0. The van der Waals surface area contributed by atoms with Gasteiger partial charge in [0.15, 0.2) is 0 Å². The van der Waals surface area contributed by atoms with Crippen molar-refractivity contribution in [2.45, 2.75) is 32.6 Å². The standard InChI is InChI=1S/C12H19N3O2/c1-2-17-8-4-7-13-12-14-10-6-3-5-9(10)11(16)15-12/h2-8H2,1H3,(H2,13,14,15,16). The van der Waals surface area contributed by atoms with Crippen LogP contribution in [-0.2, 0) is 17.6 Å². The number of aryl methyl sites for hydroxylation is 1. The summed E-state index contributed by atoms with van der Waals surface area (Å²) in [5.41, 5.74) is 1.84. The van der Waals surface area contributed by atoms with Crippen LogP contribution < -0.4 is 10.9 Å². The van der Waals surface area contributed by atoms with Crippen molar-refractivity contribution in [2.24, 2.45) is 0 Å². The van der Waals surface area contributed by atoms with E-state index in [1.54, 1.807) is 0 Å². The molecule has 0 saturated carbocycles. The van der Waals surface area contributed by atoms with E-state index >= 15 is 0 Å². The van der Waals surface area contributed by atoms with Crippen LogP contribution in [-0.4, -0.2) is 29.7 Å². The van der Waals surface area contributed by atoms with Crippen LogP contribution in [0.3, 0.4) is 0 Å². The molecule has 0 saturated heterocycles. The number of ether oxygens (including phenoxy) is 1. The van der Waals surface area contributed by atoms with Crippen LogP contribution >= 0.6 is 0 Å². The Balaban J connectivity index is 1.89. The Morgan fingerprint density at radius 1 is 1.47 bits per heavy atom. The van der Waals surface area contributed by atoms with E-state index in [4.69, 9.17) is 4.74 Å². The number of nitrogens with zero attached hydrogens (tertiary/aromatic N) is 1. The van der Waals surface area contributed by atoms with E-state index in [2.05, 4.69) is 15.3 Å².